The van der Waals surface area contributed by atoms with Gasteiger partial charge in [-0.05, 0) is 37.5 Å². The minimum absolute atomic E-state index is 0.0256. The van der Waals surface area contributed by atoms with Crippen LogP contribution in [-0.4, -0.2) is 41.4 Å². The standard InChI is InChI=1S/C15H15ClFN3O3/c1-8-5-9(10(16)6-11(8)17)12(21)20-4-2-3-15(7-20)13(22)18-14(23)19-15/h5-6H,2-4,7H2,1H3,(H2,18,19,22,23). The van der Waals surface area contributed by atoms with Crippen LogP contribution in [0.2, 0.25) is 5.02 Å². The van der Waals surface area contributed by atoms with E-state index in [1.165, 1.54) is 11.0 Å². The highest BCUT2D eigenvalue weighted by Crippen LogP contribution is 2.28. The molecule has 0 aliphatic carbocycles. The Morgan fingerprint density at radius 3 is 2.78 bits per heavy atom. The zero-order valence-electron chi connectivity index (χ0n) is 12.4. The van der Waals surface area contributed by atoms with Gasteiger partial charge in [0, 0.05) is 6.54 Å². The fourth-order valence-corrected chi connectivity index (χ4v) is 3.27. The van der Waals surface area contributed by atoms with E-state index < -0.39 is 23.3 Å². The smallest absolute Gasteiger partial charge is 0.322 e. The van der Waals surface area contributed by atoms with Crippen molar-refractivity contribution in [3.8, 4) is 0 Å². The van der Waals surface area contributed by atoms with Gasteiger partial charge in [0.2, 0.25) is 0 Å². The monoisotopic (exact) mass is 339 g/mol. The van der Waals surface area contributed by atoms with Crippen LogP contribution in [0.5, 0.6) is 0 Å². The van der Waals surface area contributed by atoms with Crippen molar-refractivity contribution in [2.45, 2.75) is 25.3 Å². The van der Waals surface area contributed by atoms with Crippen LogP contribution in [0.25, 0.3) is 0 Å². The predicted octanol–water partition coefficient (Wildman–Crippen LogP) is 1.60. The summed E-state index contributed by atoms with van der Waals surface area (Å²) in [6, 6.07) is 1.95. The van der Waals surface area contributed by atoms with Crippen molar-refractivity contribution in [2.24, 2.45) is 0 Å². The van der Waals surface area contributed by atoms with Crippen LogP contribution in [0.4, 0.5) is 9.18 Å². The summed E-state index contributed by atoms with van der Waals surface area (Å²) in [5.74, 6) is -1.29. The summed E-state index contributed by atoms with van der Waals surface area (Å²) < 4.78 is 13.5. The summed E-state index contributed by atoms with van der Waals surface area (Å²) in [4.78, 5) is 37.6. The number of hydrogen-bond donors (Lipinski definition) is 2. The van der Waals surface area contributed by atoms with E-state index in [1.54, 1.807) is 6.92 Å². The molecule has 0 radical (unpaired) electrons. The molecule has 0 saturated carbocycles. The second-order valence-electron chi connectivity index (χ2n) is 5.90. The SMILES string of the molecule is Cc1cc(C(=O)N2CCCC3(C2)NC(=O)NC3=O)c(Cl)cc1F. The number of nitrogens with zero attached hydrogens (tertiary/aromatic N) is 1. The van der Waals surface area contributed by atoms with Gasteiger partial charge in [0.1, 0.15) is 11.4 Å². The first-order valence-electron chi connectivity index (χ1n) is 7.21. The number of rotatable bonds is 1. The third kappa shape index (κ3) is 2.65. The normalized spacial score (nSPS) is 23.9. The maximum atomic E-state index is 13.5. The number of aryl methyl sites for hydroxylation is 1. The number of hydrogen-bond acceptors (Lipinski definition) is 3. The second-order valence-corrected chi connectivity index (χ2v) is 6.31. The lowest BCUT2D eigenvalue weighted by atomic mass is 9.89. The molecule has 0 bridgehead atoms. The Balaban J connectivity index is 1.87. The van der Waals surface area contributed by atoms with Crippen molar-refractivity contribution in [3.63, 3.8) is 0 Å². The van der Waals surface area contributed by atoms with E-state index in [0.717, 1.165) is 6.07 Å². The van der Waals surface area contributed by atoms with Gasteiger partial charge in [-0.3, -0.25) is 14.9 Å². The lowest BCUT2D eigenvalue weighted by molar-refractivity contribution is -0.125. The van der Waals surface area contributed by atoms with E-state index in [9.17, 15) is 18.8 Å². The lowest BCUT2D eigenvalue weighted by Crippen LogP contribution is -2.59. The maximum Gasteiger partial charge on any atom is 0.322 e. The first kappa shape index (κ1) is 15.7. The third-order valence-electron chi connectivity index (χ3n) is 4.27. The van der Waals surface area contributed by atoms with E-state index in [4.69, 9.17) is 11.6 Å². The highest BCUT2D eigenvalue weighted by Gasteiger charge is 2.49. The molecule has 2 fully saturated rings. The van der Waals surface area contributed by atoms with Crippen molar-refractivity contribution in [2.75, 3.05) is 13.1 Å². The summed E-state index contributed by atoms with van der Waals surface area (Å²) in [5.41, 5.74) is -0.587. The third-order valence-corrected chi connectivity index (χ3v) is 4.59. The van der Waals surface area contributed by atoms with Crippen molar-refractivity contribution in [1.29, 1.82) is 0 Å². The molecule has 1 spiro atoms. The van der Waals surface area contributed by atoms with E-state index >= 15 is 0 Å². The molecule has 8 heteroatoms. The molecule has 4 amide bonds. The first-order chi connectivity index (χ1) is 10.8. The molecule has 2 heterocycles. The number of urea groups is 1. The Hall–Kier alpha value is -2.15. The van der Waals surface area contributed by atoms with Crippen molar-refractivity contribution in [3.05, 3.63) is 34.1 Å². The first-order valence-corrected chi connectivity index (χ1v) is 7.59. The number of imide groups is 1. The largest absolute Gasteiger partial charge is 0.336 e. The highest BCUT2D eigenvalue weighted by molar-refractivity contribution is 6.33. The van der Waals surface area contributed by atoms with E-state index in [2.05, 4.69) is 10.6 Å². The topological polar surface area (TPSA) is 78.5 Å². The minimum atomic E-state index is -1.09. The summed E-state index contributed by atoms with van der Waals surface area (Å²) in [6.45, 7) is 2.05. The number of amides is 4. The Morgan fingerprint density at radius 2 is 2.13 bits per heavy atom. The zero-order valence-corrected chi connectivity index (χ0v) is 13.2. The number of nitrogens with one attached hydrogen (secondary N) is 2. The average molecular weight is 340 g/mol. The van der Waals surface area contributed by atoms with Crippen LogP contribution in [-0.2, 0) is 4.79 Å². The molecule has 0 aromatic heterocycles. The highest BCUT2D eigenvalue weighted by atomic mass is 35.5. The Kier molecular flexibility index (Phi) is 3.75. The summed E-state index contributed by atoms with van der Waals surface area (Å²) in [7, 11) is 0. The van der Waals surface area contributed by atoms with Crippen LogP contribution in [0.15, 0.2) is 12.1 Å². The quantitative estimate of drug-likeness (QED) is 0.763. The maximum absolute atomic E-state index is 13.5. The van der Waals surface area contributed by atoms with Crippen LogP contribution in [0.3, 0.4) is 0 Å². The van der Waals surface area contributed by atoms with Crippen molar-refractivity contribution >= 4 is 29.4 Å². The number of piperidine rings is 1. The van der Waals surface area contributed by atoms with Gasteiger partial charge in [0.05, 0.1) is 17.1 Å². The molecule has 2 aliphatic heterocycles. The molecule has 2 N–H and O–H groups in total. The van der Waals surface area contributed by atoms with E-state index in [1.807, 2.05) is 0 Å². The number of carbonyl (C=O) groups excluding carboxylic acids is 3. The summed E-state index contributed by atoms with van der Waals surface area (Å²) in [6.07, 6.45) is 1.03. The summed E-state index contributed by atoms with van der Waals surface area (Å²) in [5, 5.41) is 4.83. The minimum Gasteiger partial charge on any atom is -0.336 e. The predicted molar refractivity (Wildman–Crippen MR) is 80.7 cm³/mol. The fourth-order valence-electron chi connectivity index (χ4n) is 3.04. The Labute approximate surface area is 137 Å². The van der Waals surface area contributed by atoms with Gasteiger partial charge < -0.3 is 10.2 Å². The number of likely N-dealkylation sites (tertiary alicyclic amines) is 1. The van der Waals surface area contributed by atoms with Gasteiger partial charge in [-0.15, -0.1) is 0 Å². The number of carbonyl (C=O) groups is 3. The van der Waals surface area contributed by atoms with E-state index in [0.29, 0.717) is 24.9 Å². The molecule has 1 aromatic carbocycles. The van der Waals surface area contributed by atoms with Gasteiger partial charge in [0.25, 0.3) is 11.8 Å². The number of halogens is 2. The van der Waals surface area contributed by atoms with Crippen LogP contribution < -0.4 is 10.6 Å². The molecule has 2 aliphatic rings. The van der Waals surface area contributed by atoms with Gasteiger partial charge >= 0.3 is 6.03 Å². The van der Waals surface area contributed by atoms with Gasteiger partial charge in [0.15, 0.2) is 0 Å². The molecule has 6 nitrogen and oxygen atoms in total. The van der Waals surface area contributed by atoms with E-state index in [-0.39, 0.29) is 23.0 Å². The molecule has 1 unspecified atom stereocenters. The molecular weight excluding hydrogens is 325 g/mol. The Bertz CT molecular complexity index is 724. The molecule has 122 valence electrons. The second kappa shape index (κ2) is 5.49. The average Bonchev–Trinajstić information content (AvgIpc) is 2.76. The van der Waals surface area contributed by atoms with Crippen LogP contribution in [0.1, 0.15) is 28.8 Å². The molecular formula is C15H15ClFN3O3. The van der Waals surface area contributed by atoms with Gasteiger partial charge in [-0.2, -0.15) is 0 Å². The molecule has 23 heavy (non-hydrogen) atoms. The van der Waals surface area contributed by atoms with Crippen LogP contribution >= 0.6 is 11.6 Å². The van der Waals surface area contributed by atoms with Crippen molar-refractivity contribution in [1.82, 2.24) is 15.5 Å². The zero-order chi connectivity index (χ0) is 16.8. The molecule has 2 saturated heterocycles. The number of benzene rings is 1. The fraction of sp³-hybridized carbons (Fsp3) is 0.400. The molecule has 3 rings (SSSR count). The van der Waals surface area contributed by atoms with Gasteiger partial charge in [-0.1, -0.05) is 11.6 Å². The van der Waals surface area contributed by atoms with Crippen molar-refractivity contribution < 1.29 is 18.8 Å². The van der Waals surface area contributed by atoms with Crippen LogP contribution in [0, 0.1) is 12.7 Å². The molecule has 1 aromatic rings. The molecule has 1 atom stereocenters. The lowest BCUT2D eigenvalue weighted by Gasteiger charge is -2.38. The Morgan fingerprint density at radius 1 is 1.39 bits per heavy atom. The summed E-state index contributed by atoms with van der Waals surface area (Å²) >= 11 is 5.98. The van der Waals surface area contributed by atoms with Gasteiger partial charge in [-0.25, -0.2) is 9.18 Å².